The van der Waals surface area contributed by atoms with E-state index in [-0.39, 0.29) is 136 Å². The van der Waals surface area contributed by atoms with E-state index in [1.54, 1.807) is 118 Å². The van der Waals surface area contributed by atoms with Gasteiger partial charge in [0, 0.05) is 83.0 Å². The molecule has 6 aromatic carbocycles. The molecule has 141 heavy (non-hydrogen) atoms. The van der Waals surface area contributed by atoms with Gasteiger partial charge in [-0.3, -0.25) is 29.7 Å². The molecule has 0 bridgehead atoms. The summed E-state index contributed by atoms with van der Waals surface area (Å²) in [5.74, 6) is 2.77. The van der Waals surface area contributed by atoms with Crippen molar-refractivity contribution in [3.05, 3.63) is 241 Å². The first-order valence-electron chi connectivity index (χ1n) is 39.1. The number of aromatic amines is 1. The number of nitrogens with zero attached hydrogens (tertiary/aromatic N) is 12. The van der Waals surface area contributed by atoms with E-state index in [4.69, 9.17) is 52.4 Å². The number of aryl methyl sites for hydroxylation is 6. The zero-order valence-corrected chi connectivity index (χ0v) is 80.9. The number of hydrogen-bond acceptors (Lipinski definition) is 23. The van der Waals surface area contributed by atoms with Crippen LogP contribution in [0.25, 0.3) is 64.2 Å². The number of nitriles is 1. The molecule has 4 aromatic heterocycles. The van der Waals surface area contributed by atoms with Crippen molar-refractivity contribution in [1.82, 2.24) is 70.2 Å². The summed E-state index contributed by atoms with van der Waals surface area (Å²) < 4.78 is 242. The fourth-order valence-corrected chi connectivity index (χ4v) is 10.3. The van der Waals surface area contributed by atoms with Crippen molar-refractivity contribution < 1.29 is 164 Å². The molecule has 0 atom stereocenters. The van der Waals surface area contributed by atoms with Gasteiger partial charge in [-0.1, -0.05) is 76.4 Å². The molecule has 0 saturated carbocycles. The summed E-state index contributed by atoms with van der Waals surface area (Å²) >= 11 is 6.58. The summed E-state index contributed by atoms with van der Waals surface area (Å²) in [4.78, 5) is 90.5. The van der Waals surface area contributed by atoms with Crippen molar-refractivity contribution in [3.63, 3.8) is 0 Å². The molecule has 4 heterocycles. The summed E-state index contributed by atoms with van der Waals surface area (Å²) in [6.45, 7) is 26.6. The number of benzene rings is 6. The first kappa shape index (κ1) is 131. The van der Waals surface area contributed by atoms with Crippen LogP contribution in [0.5, 0.6) is 0 Å². The number of nitrogens with one attached hydrogen (secondary N) is 5. The van der Waals surface area contributed by atoms with Crippen molar-refractivity contribution in [1.29, 1.82) is 16.3 Å². The molecule has 0 fully saturated rings. The Morgan fingerprint density at radius 2 is 0.816 bits per heavy atom. The van der Waals surface area contributed by atoms with Crippen molar-refractivity contribution in [2.45, 2.75) is 160 Å². The number of thiocarbonyl (C=S) groups is 1. The van der Waals surface area contributed by atoms with Crippen LogP contribution >= 0.6 is 34.8 Å². The Bertz CT molecular complexity index is 5910. The van der Waals surface area contributed by atoms with E-state index in [9.17, 15) is 108 Å². The molecule has 0 aliphatic carbocycles. The SMILES string of the molecule is CC(C)(C)C(=O)NN.CC(C)OC(=O)/C=C\I.Cc1cc(-c2ncn(/C=C\C(=O)CNC(=O)C(C)(C)C)n2)cc(C(F)(F)F)c1.Cc1cc(-c2ncn(/C=C\C(=O)O)n2)cc(C(F)(F)F)c1.Cc1cc(-c2ncn(/C=C\C(=O)OC(C)C)n2)cc(C(F)(F)F)c1.Cc1cc(-c2ncn[nH]2)cc(C(F)(F)F)c1.Cc1cc(C#N)cc(C(F)(F)F)c1.Cc1cc(C(N)=S)cc(C(F)(F)F)c1.N=N.O.O=CO.[HH].[Li+].[OH-]. The van der Waals surface area contributed by atoms with Crippen LogP contribution in [0.3, 0.4) is 0 Å². The minimum Gasteiger partial charge on any atom is -0.870 e. The summed E-state index contributed by atoms with van der Waals surface area (Å²) in [6, 6.07) is 22.9. The minimum atomic E-state index is -4.47. The molecule has 14 N–H and O–H groups in total. The van der Waals surface area contributed by atoms with Crippen LogP contribution in [0.15, 0.2) is 163 Å². The van der Waals surface area contributed by atoms with Crippen LogP contribution in [0.1, 0.15) is 149 Å². The monoisotopic (exact) mass is 2140 g/mol. The number of carbonyl (C=O) groups excluding carboxylic acids is 5. The Hall–Kier alpha value is -13.7. The van der Waals surface area contributed by atoms with Crippen LogP contribution in [0.4, 0.5) is 79.0 Å². The summed E-state index contributed by atoms with van der Waals surface area (Å²) in [7, 11) is 0. The Balaban J connectivity index is -0.000000778. The number of carboxylic acids is 1. The second kappa shape index (κ2) is 59.6. The molecule has 764 valence electrons. The van der Waals surface area contributed by atoms with Crippen molar-refractivity contribution in [2.24, 2.45) is 22.4 Å². The standard InChI is InChI=1S/C19H21F3N4O2.C16H16F3N3O2.C13H10F3N3O2.C10H8F3N3.C9H8F3NS.C9H6F3N.C6H9IO2.C5H12N2O.CH2O2.Li.H2N2.2H2O.H2/c1-12-7-13(9-14(8-12)19(20,21)22)16-24-11-26(25-16)6-5-15(27)10-23-17(28)18(2,3)4;1-10(2)24-14(23)4-5-22-9-20-15(21-22)12-6-11(3)7-13(8-12)16(17,18)19;1-8-4-9(6-10(5-8)13(14,15)16)12-17-7-19(18-12)3-2-11(20)21;1-6-2-7(9-14-5-15-16-9)4-8(3-6)10(11,12)13;1-5-2-6(8(13)14)4-7(3-5)9(10,11)12;1-6-2-7(5-13)4-8(3-6)9(10,11)12;1-5(2)9-6(8)3-4-7;1-5(2,3)4(8)7-6;2-1-3;;1-2;;;/h5-9,11H,10H2,1-4H3,(H,23,28);4-10H,1-3H3;2-7H,1H3,(H,20,21);2-5H,1H3,(H,14,15,16);2-4H,1H3,(H2,13,14);2-4H,1H3;3-5H,1-2H3;6H2,1-3H3,(H,7,8);1H,(H,2,3);;1-2H;2*1H2;1H/q;;;;;;;;;+1;;;;/p-1/b6-5-;5-4-;3-2-;;;;4-3-;;;;;;;. The van der Waals surface area contributed by atoms with E-state index >= 15 is 0 Å². The number of esters is 2. The van der Waals surface area contributed by atoms with Crippen molar-refractivity contribution >= 4 is 100 Å². The molecule has 10 rings (SSSR count). The molecule has 2 amide bonds. The van der Waals surface area contributed by atoms with Crippen molar-refractivity contribution in [2.75, 3.05) is 6.54 Å². The maximum atomic E-state index is 13.0. The quantitative estimate of drug-likeness (QED) is 0.00371. The van der Waals surface area contributed by atoms with Crippen molar-refractivity contribution in [3.8, 4) is 51.6 Å². The number of aliphatic carboxylic acids is 1. The smallest absolute Gasteiger partial charge is 0.870 e. The summed E-state index contributed by atoms with van der Waals surface area (Å²) in [5.41, 5.74) is 16.0. The fourth-order valence-electron chi connectivity index (χ4n) is 9.93. The number of ether oxygens (including phenoxy) is 2. The molecule has 53 heteroatoms. The third-order valence-corrected chi connectivity index (χ3v) is 16.4. The Kier molecular flexibility index (Phi) is 55.6. The van der Waals surface area contributed by atoms with E-state index in [1.165, 1.54) is 84.3 Å². The number of amides is 2. The van der Waals surface area contributed by atoms with Gasteiger partial charge >= 0.3 is 73.8 Å². The molecule has 0 spiro atoms. The van der Waals surface area contributed by atoms with E-state index in [0.29, 0.717) is 44.8 Å². The predicted molar refractivity (Wildman–Crippen MR) is 490 cm³/mol. The molecular formula is C88H99F18ILiN19O13S. The van der Waals surface area contributed by atoms with E-state index in [2.05, 4.69) is 68.4 Å². The fraction of sp³-hybridized carbons (Fsp3) is 0.307. The first-order valence-corrected chi connectivity index (χ1v) is 40.7. The number of rotatable bonds is 16. The summed E-state index contributed by atoms with van der Waals surface area (Å²) in [5, 5.41) is 44.5. The molecule has 0 aliphatic rings. The van der Waals surface area contributed by atoms with Gasteiger partial charge in [0.05, 0.1) is 63.8 Å². The molecule has 32 nitrogen and oxygen atoms in total. The molecule has 0 radical (unpaired) electrons. The molecule has 0 aliphatic heterocycles. The van der Waals surface area contributed by atoms with Crippen LogP contribution in [0, 0.1) is 74.8 Å². The van der Waals surface area contributed by atoms with Crippen LogP contribution in [-0.2, 0) is 80.1 Å². The van der Waals surface area contributed by atoms with Crippen LogP contribution in [0.2, 0.25) is 0 Å². The van der Waals surface area contributed by atoms with Gasteiger partial charge in [0.25, 0.3) is 6.47 Å². The normalized spacial score (nSPS) is 11.2. The third kappa shape index (κ3) is 51.1. The predicted octanol–water partition coefficient (Wildman–Crippen LogP) is 16.8. The van der Waals surface area contributed by atoms with Gasteiger partial charge in [-0.2, -0.15) is 89.4 Å². The molecule has 0 saturated heterocycles. The number of H-pyrrole nitrogens is 1. The van der Waals surface area contributed by atoms with Gasteiger partial charge in [0.2, 0.25) is 11.8 Å². The second-order valence-corrected chi connectivity index (χ2v) is 31.9. The first-order chi connectivity index (χ1) is 63.5. The van der Waals surface area contributed by atoms with Gasteiger partial charge in [-0.25, -0.2) is 65.3 Å². The van der Waals surface area contributed by atoms with Gasteiger partial charge in [0.1, 0.15) is 30.3 Å². The average Bonchev–Trinajstić information content (AvgIpc) is 1.54. The molecular weight excluding hydrogens is 2040 g/mol. The number of aromatic nitrogens is 12. The second-order valence-electron chi connectivity index (χ2n) is 30.7. The number of ketones is 1. The number of alkyl halides is 18. The Morgan fingerprint density at radius 1 is 0.511 bits per heavy atom. The number of carbonyl (C=O) groups is 7. The average molecular weight is 2140 g/mol. The van der Waals surface area contributed by atoms with Gasteiger partial charge in [-0.15, -0.1) is 15.3 Å². The number of halogens is 19. The Labute approximate surface area is 827 Å². The molecule has 10 aromatic rings. The zero-order valence-electron chi connectivity index (χ0n) is 77.9. The molecule has 0 unspecified atom stereocenters. The largest absolute Gasteiger partial charge is 1.00 e. The van der Waals surface area contributed by atoms with E-state index in [0.717, 1.165) is 95.8 Å². The van der Waals surface area contributed by atoms with Crippen LogP contribution in [-0.4, -0.2) is 146 Å². The van der Waals surface area contributed by atoms with Gasteiger partial charge in [-0.05, 0) is 216 Å². The maximum Gasteiger partial charge on any atom is 1.00 e. The number of hydrazine groups is 1. The van der Waals surface area contributed by atoms with E-state index in [1.807, 2.05) is 36.4 Å². The topological polar surface area (TPSA) is 521 Å². The zero-order chi connectivity index (χ0) is 106. The summed E-state index contributed by atoms with van der Waals surface area (Å²) in [6.07, 6.45) is -13.3. The van der Waals surface area contributed by atoms with E-state index < -0.39 is 87.8 Å². The minimum absolute atomic E-state index is 0. The third-order valence-electron chi connectivity index (χ3n) is 15.8. The van der Waals surface area contributed by atoms with Crippen LogP contribution < -0.4 is 41.2 Å². The maximum absolute atomic E-state index is 13.0. The van der Waals surface area contributed by atoms with Gasteiger partial charge in [0.15, 0.2) is 29.1 Å². The number of nitrogens with two attached hydrogens (primary N) is 2. The van der Waals surface area contributed by atoms with Gasteiger partial charge < -0.3 is 41.7 Å². The number of carboxylic acid groups (broad SMARTS) is 2. The number of hydrogen-bond donors (Lipinski definition) is 9. The Morgan fingerprint density at radius 3 is 1.11 bits per heavy atom.